The van der Waals surface area contributed by atoms with E-state index in [4.69, 9.17) is 4.74 Å². The van der Waals surface area contributed by atoms with Crippen molar-refractivity contribution in [3.8, 4) is 5.75 Å². The third kappa shape index (κ3) is 5.55. The van der Waals surface area contributed by atoms with Crippen molar-refractivity contribution in [3.63, 3.8) is 0 Å². The van der Waals surface area contributed by atoms with E-state index >= 15 is 0 Å². The summed E-state index contributed by atoms with van der Waals surface area (Å²) in [5, 5.41) is 0. The Morgan fingerprint density at radius 3 is 2.21 bits per heavy atom. The fourth-order valence-electron chi connectivity index (χ4n) is 5.24. The van der Waals surface area contributed by atoms with Gasteiger partial charge in [-0.15, -0.1) is 0 Å². The molecule has 0 radical (unpaired) electrons. The third-order valence-corrected chi connectivity index (χ3v) is 7.29. The minimum Gasteiger partial charge on any atom is -0.495 e. The van der Waals surface area contributed by atoms with Crippen LogP contribution < -0.4 is 9.64 Å². The molecule has 6 nitrogen and oxygen atoms in total. The van der Waals surface area contributed by atoms with Crippen molar-refractivity contribution in [2.24, 2.45) is 0 Å². The molecular formula is C27H26F6N4O2. The second-order valence-corrected chi connectivity index (χ2v) is 9.72. The fourth-order valence-corrected chi connectivity index (χ4v) is 5.24. The number of anilines is 1. The van der Waals surface area contributed by atoms with Crippen LogP contribution in [0.15, 0.2) is 48.7 Å². The van der Waals surface area contributed by atoms with Gasteiger partial charge in [-0.1, -0.05) is 12.1 Å². The van der Waals surface area contributed by atoms with Crippen LogP contribution in [-0.2, 0) is 25.3 Å². The molecule has 0 N–H and O–H groups in total. The summed E-state index contributed by atoms with van der Waals surface area (Å²) in [5.74, 6) is 0.496. The lowest BCUT2D eigenvalue weighted by Gasteiger charge is -2.36. The molecule has 12 heteroatoms. The van der Waals surface area contributed by atoms with E-state index in [0.717, 1.165) is 23.6 Å². The number of amides is 1. The molecule has 2 aliphatic heterocycles. The number of halogens is 6. The van der Waals surface area contributed by atoms with E-state index in [-0.39, 0.29) is 29.8 Å². The molecule has 39 heavy (non-hydrogen) atoms. The first-order valence-corrected chi connectivity index (χ1v) is 12.5. The highest BCUT2D eigenvalue weighted by Crippen LogP contribution is 2.39. The molecule has 208 valence electrons. The molecule has 3 heterocycles. The Morgan fingerprint density at radius 1 is 0.949 bits per heavy atom. The van der Waals surface area contributed by atoms with Gasteiger partial charge in [0.25, 0.3) is 5.91 Å². The Morgan fingerprint density at radius 2 is 1.59 bits per heavy atom. The number of para-hydroxylation sites is 2. The van der Waals surface area contributed by atoms with E-state index in [1.165, 1.54) is 0 Å². The Balaban J connectivity index is 1.30. The molecule has 0 saturated carbocycles. The molecule has 1 atom stereocenters. The summed E-state index contributed by atoms with van der Waals surface area (Å²) in [6.07, 6.45) is -7.60. The molecule has 1 saturated heterocycles. The number of ether oxygens (including phenoxy) is 1. The summed E-state index contributed by atoms with van der Waals surface area (Å²) in [6, 6.07) is 9.35. The zero-order valence-electron chi connectivity index (χ0n) is 21.0. The van der Waals surface area contributed by atoms with Crippen molar-refractivity contribution in [2.45, 2.75) is 37.7 Å². The van der Waals surface area contributed by atoms with Gasteiger partial charge in [0, 0.05) is 51.3 Å². The lowest BCUT2D eigenvalue weighted by Crippen LogP contribution is -2.49. The van der Waals surface area contributed by atoms with Crippen molar-refractivity contribution >= 4 is 11.6 Å². The number of hydrogen-bond acceptors (Lipinski definition) is 4. The highest BCUT2D eigenvalue weighted by Gasteiger charge is 2.38. The van der Waals surface area contributed by atoms with E-state index in [1.807, 2.05) is 24.3 Å². The van der Waals surface area contributed by atoms with E-state index in [0.29, 0.717) is 44.8 Å². The number of hydrogen-bond donors (Lipinski definition) is 0. The van der Waals surface area contributed by atoms with Crippen LogP contribution in [0.25, 0.3) is 0 Å². The standard InChI is InChI=1S/C27H26F6N4O2/c1-39-23-5-3-2-4-22(23)35-8-10-36(11-9-35)25(38)21-16-37-15-17(6-7-24(37)34-21)18-12-19(26(28,29)30)14-20(13-18)27(31,32)33/h2-5,12-14,16-17H,6-11,15H2,1H3/t17-/m1/s1. The van der Waals surface area contributed by atoms with Gasteiger partial charge in [0.1, 0.15) is 17.3 Å². The molecule has 1 amide bonds. The summed E-state index contributed by atoms with van der Waals surface area (Å²) in [5.41, 5.74) is -1.52. The molecule has 2 aromatic carbocycles. The predicted molar refractivity (Wildman–Crippen MR) is 131 cm³/mol. The average Bonchev–Trinajstić information content (AvgIpc) is 3.35. The number of fused-ring (bicyclic) bond motifs is 1. The van der Waals surface area contributed by atoms with E-state index in [1.54, 1.807) is 22.8 Å². The van der Waals surface area contributed by atoms with Crippen LogP contribution >= 0.6 is 0 Å². The monoisotopic (exact) mass is 552 g/mol. The van der Waals surface area contributed by atoms with E-state index in [2.05, 4.69) is 9.88 Å². The number of alkyl halides is 6. The van der Waals surface area contributed by atoms with Crippen LogP contribution in [0.3, 0.4) is 0 Å². The number of nitrogens with zero attached hydrogens (tertiary/aromatic N) is 4. The van der Waals surface area contributed by atoms with Crippen molar-refractivity contribution < 1.29 is 35.9 Å². The van der Waals surface area contributed by atoms with Gasteiger partial charge in [-0.05, 0) is 42.3 Å². The summed E-state index contributed by atoms with van der Waals surface area (Å²) >= 11 is 0. The lowest BCUT2D eigenvalue weighted by atomic mass is 9.89. The molecule has 5 rings (SSSR count). The molecule has 3 aromatic rings. The number of aryl methyl sites for hydroxylation is 1. The highest BCUT2D eigenvalue weighted by molar-refractivity contribution is 5.92. The number of piperazine rings is 1. The first kappa shape index (κ1) is 26.9. The number of methoxy groups -OCH3 is 1. The van der Waals surface area contributed by atoms with Crippen LogP contribution in [0, 0.1) is 0 Å². The third-order valence-electron chi connectivity index (χ3n) is 7.29. The first-order valence-electron chi connectivity index (χ1n) is 12.5. The number of carbonyl (C=O) groups excluding carboxylic acids is 1. The number of rotatable bonds is 4. The van der Waals surface area contributed by atoms with Crippen LogP contribution in [0.4, 0.5) is 32.0 Å². The second kappa shape index (κ2) is 10.1. The maximum atomic E-state index is 13.3. The molecule has 0 aliphatic carbocycles. The average molecular weight is 553 g/mol. The molecule has 1 aromatic heterocycles. The number of aromatic nitrogens is 2. The number of imidazole rings is 1. The smallest absolute Gasteiger partial charge is 0.416 e. The van der Waals surface area contributed by atoms with Gasteiger partial charge in [-0.2, -0.15) is 26.3 Å². The maximum absolute atomic E-state index is 13.3. The van der Waals surface area contributed by atoms with Crippen molar-refractivity contribution in [1.29, 1.82) is 0 Å². The SMILES string of the molecule is COc1ccccc1N1CCN(C(=O)c2cn3c(n2)CC[C@@H](c2cc(C(F)(F)F)cc(C(F)(F)F)c2)C3)CC1. The molecule has 0 bridgehead atoms. The molecule has 1 fully saturated rings. The maximum Gasteiger partial charge on any atom is 0.416 e. The van der Waals surface area contributed by atoms with Gasteiger partial charge in [0.2, 0.25) is 0 Å². The summed E-state index contributed by atoms with van der Waals surface area (Å²) in [4.78, 5) is 21.5. The second-order valence-electron chi connectivity index (χ2n) is 9.72. The number of benzene rings is 2. The Bertz CT molecular complexity index is 1330. The summed E-state index contributed by atoms with van der Waals surface area (Å²) < 4.78 is 87.1. The largest absolute Gasteiger partial charge is 0.495 e. The van der Waals surface area contributed by atoms with Crippen molar-refractivity contribution in [1.82, 2.24) is 14.5 Å². The summed E-state index contributed by atoms with van der Waals surface area (Å²) in [7, 11) is 1.60. The normalized spacial score (nSPS) is 18.2. The van der Waals surface area contributed by atoms with Crippen LogP contribution in [-0.4, -0.2) is 53.6 Å². The van der Waals surface area contributed by atoms with Gasteiger partial charge in [0.15, 0.2) is 0 Å². The van der Waals surface area contributed by atoms with Gasteiger partial charge in [-0.25, -0.2) is 4.98 Å². The Labute approximate surface area is 220 Å². The van der Waals surface area contributed by atoms with E-state index in [9.17, 15) is 31.1 Å². The molecule has 0 unspecified atom stereocenters. The fraction of sp³-hybridized carbons (Fsp3) is 0.407. The zero-order valence-corrected chi connectivity index (χ0v) is 21.0. The molecular weight excluding hydrogens is 526 g/mol. The Kier molecular flexibility index (Phi) is 6.98. The minimum atomic E-state index is -4.90. The number of carbonyl (C=O) groups is 1. The Hall–Kier alpha value is -3.70. The van der Waals surface area contributed by atoms with E-state index < -0.39 is 29.4 Å². The minimum absolute atomic E-state index is 0.0307. The van der Waals surface area contributed by atoms with Gasteiger partial charge >= 0.3 is 12.4 Å². The van der Waals surface area contributed by atoms with Crippen LogP contribution in [0.2, 0.25) is 0 Å². The topological polar surface area (TPSA) is 50.6 Å². The predicted octanol–water partition coefficient (Wildman–Crippen LogP) is 5.62. The van der Waals surface area contributed by atoms with Gasteiger partial charge in [0.05, 0.1) is 23.9 Å². The zero-order chi connectivity index (χ0) is 27.9. The molecule has 2 aliphatic rings. The molecule has 0 spiro atoms. The van der Waals surface area contributed by atoms with Crippen molar-refractivity contribution in [3.05, 3.63) is 76.9 Å². The summed E-state index contributed by atoms with van der Waals surface area (Å²) in [6.45, 7) is 2.26. The highest BCUT2D eigenvalue weighted by atomic mass is 19.4. The van der Waals surface area contributed by atoms with Crippen LogP contribution in [0.1, 0.15) is 45.3 Å². The van der Waals surface area contributed by atoms with Gasteiger partial charge in [-0.3, -0.25) is 4.79 Å². The quantitative estimate of drug-likeness (QED) is 0.395. The first-order chi connectivity index (χ1) is 18.4. The van der Waals surface area contributed by atoms with Gasteiger partial charge < -0.3 is 19.1 Å². The van der Waals surface area contributed by atoms with Crippen LogP contribution in [0.5, 0.6) is 5.75 Å². The lowest BCUT2D eigenvalue weighted by molar-refractivity contribution is -0.143. The van der Waals surface area contributed by atoms with Crippen molar-refractivity contribution in [2.75, 3.05) is 38.2 Å².